The van der Waals surface area contributed by atoms with Crippen molar-refractivity contribution in [1.82, 2.24) is 0 Å². The molecule has 0 saturated carbocycles. The zero-order valence-corrected chi connectivity index (χ0v) is 17.0. The van der Waals surface area contributed by atoms with Gasteiger partial charge >= 0.3 is 117 Å². The van der Waals surface area contributed by atoms with Gasteiger partial charge in [-0.1, -0.05) is 0 Å². The number of esters is 1. The van der Waals surface area contributed by atoms with E-state index in [0.29, 0.717) is 6.61 Å². The summed E-state index contributed by atoms with van der Waals surface area (Å²) >= 11 is 5.58. The summed E-state index contributed by atoms with van der Waals surface area (Å²) in [5.74, 6) is -0.0848. The SMILES string of the molecule is CCOC(=O)[CH]([Hg][Br])c1ccc(Br)cc1. The van der Waals surface area contributed by atoms with Crippen LogP contribution in [0.1, 0.15) is 15.9 Å². The second-order valence-corrected chi connectivity index (χ2v) is 14.0. The van der Waals surface area contributed by atoms with Crippen molar-refractivity contribution in [2.24, 2.45) is 0 Å². The maximum atomic E-state index is 11.7. The molecule has 0 bridgehead atoms. The molecule has 1 rings (SSSR count). The molecule has 0 N–H and O–H groups in total. The van der Waals surface area contributed by atoms with Crippen molar-refractivity contribution in [2.45, 2.75) is 10.4 Å². The Morgan fingerprint density at radius 2 is 2.07 bits per heavy atom. The normalized spacial score (nSPS) is 11.7. The molecule has 0 saturated heterocycles. The molecule has 5 heteroatoms. The average molecular weight is 523 g/mol. The quantitative estimate of drug-likeness (QED) is 0.448. The molecule has 78 valence electrons. The van der Waals surface area contributed by atoms with Crippen LogP contribution in [0.25, 0.3) is 0 Å². The van der Waals surface area contributed by atoms with Gasteiger partial charge in [0.15, 0.2) is 0 Å². The maximum absolute atomic E-state index is 11.7. The summed E-state index contributed by atoms with van der Waals surface area (Å²) in [5, 5.41) is 0. The van der Waals surface area contributed by atoms with Crippen molar-refractivity contribution in [3.05, 3.63) is 34.3 Å². The molecule has 0 aliphatic heterocycles. The monoisotopic (exact) mass is 522 g/mol. The Bertz CT molecular complexity index is 327. The van der Waals surface area contributed by atoms with Crippen molar-refractivity contribution in [3.63, 3.8) is 0 Å². The summed E-state index contributed by atoms with van der Waals surface area (Å²) in [4.78, 5) is 11.7. The molecule has 0 aromatic heterocycles. The van der Waals surface area contributed by atoms with Crippen LogP contribution in [0.3, 0.4) is 0 Å². The molecule has 0 heterocycles. The fraction of sp³-hybridized carbons (Fsp3) is 0.300. The number of carbonyl (C=O) groups excluding carboxylic acids is 1. The zero-order valence-electron chi connectivity index (χ0n) is 8.37. The number of ether oxygens (including phenoxy) is 1. The first-order valence-corrected chi connectivity index (χ1v) is 20.6. The third-order valence-corrected chi connectivity index (χ3v) is 12.5. The fourth-order valence-corrected chi connectivity index (χ4v) is 9.79. The van der Waals surface area contributed by atoms with Gasteiger partial charge < -0.3 is 0 Å². The van der Waals surface area contributed by atoms with E-state index in [9.17, 15) is 4.79 Å². The molecular formula is C10H10Br2HgO2. The molecule has 1 unspecified atom stereocenters. The molecule has 1 atom stereocenters. The number of carbonyl (C=O) groups is 1. The molecule has 0 aliphatic rings. The molecule has 1 aromatic rings. The van der Waals surface area contributed by atoms with Crippen LogP contribution in [-0.2, 0) is 31.7 Å². The molecule has 0 fully saturated rings. The Kier molecular flexibility index (Phi) is 6.39. The average Bonchev–Trinajstić information content (AvgIpc) is 2.22. The van der Waals surface area contributed by atoms with Crippen molar-refractivity contribution in [3.8, 4) is 0 Å². The van der Waals surface area contributed by atoms with E-state index in [2.05, 4.69) is 27.8 Å². The Labute approximate surface area is 116 Å². The Morgan fingerprint density at radius 1 is 1.47 bits per heavy atom. The van der Waals surface area contributed by atoms with E-state index in [-0.39, 0.29) is 9.40 Å². The van der Waals surface area contributed by atoms with Crippen LogP contribution >= 0.6 is 27.8 Å². The van der Waals surface area contributed by atoms with E-state index in [1.807, 2.05) is 31.2 Å². The summed E-state index contributed by atoms with van der Waals surface area (Å²) in [6.07, 6.45) is 0. The van der Waals surface area contributed by atoms with Crippen molar-refractivity contribution in [2.75, 3.05) is 6.61 Å². The standard InChI is InChI=1S/C10H10BrO2.BrH.Hg/c1-2-13-10(12)7-8-3-5-9(11)6-4-8;;/h3-7H,2H2,1H3;1H;/q;;+1/p-1. The Morgan fingerprint density at radius 3 is 2.53 bits per heavy atom. The van der Waals surface area contributed by atoms with E-state index in [4.69, 9.17) is 4.74 Å². The molecule has 1 aromatic carbocycles. The first-order chi connectivity index (χ1) is 7.19. The summed E-state index contributed by atoms with van der Waals surface area (Å²) in [7, 11) is 0. The topological polar surface area (TPSA) is 26.3 Å². The van der Waals surface area contributed by atoms with Crippen LogP contribution in [0.2, 0.25) is 0 Å². The molecule has 2 nitrogen and oxygen atoms in total. The van der Waals surface area contributed by atoms with Crippen LogP contribution in [0.5, 0.6) is 0 Å². The van der Waals surface area contributed by atoms with Gasteiger partial charge in [0.25, 0.3) is 0 Å². The van der Waals surface area contributed by atoms with Gasteiger partial charge in [-0.15, -0.1) is 0 Å². The van der Waals surface area contributed by atoms with Gasteiger partial charge in [0.2, 0.25) is 0 Å². The van der Waals surface area contributed by atoms with Crippen LogP contribution in [0.15, 0.2) is 28.7 Å². The number of hydrogen-bond donors (Lipinski definition) is 0. The van der Waals surface area contributed by atoms with Crippen LogP contribution < -0.4 is 0 Å². The van der Waals surface area contributed by atoms with E-state index in [0.717, 1.165) is 10.0 Å². The Hall–Kier alpha value is 0.585. The number of benzene rings is 1. The van der Waals surface area contributed by atoms with E-state index in [1.54, 1.807) is 0 Å². The predicted molar refractivity (Wildman–Crippen MR) is 62.4 cm³/mol. The predicted octanol–water partition coefficient (Wildman–Crippen LogP) is 3.45. The van der Waals surface area contributed by atoms with Gasteiger partial charge in [-0.3, -0.25) is 0 Å². The Balaban J connectivity index is 2.82. The van der Waals surface area contributed by atoms with Gasteiger partial charge in [-0.25, -0.2) is 0 Å². The number of halogens is 2. The van der Waals surface area contributed by atoms with Gasteiger partial charge in [-0.05, 0) is 0 Å². The van der Waals surface area contributed by atoms with Gasteiger partial charge in [0, 0.05) is 0 Å². The first-order valence-electron chi connectivity index (χ1n) is 4.67. The third kappa shape index (κ3) is 4.15. The summed E-state index contributed by atoms with van der Waals surface area (Å²) in [5.41, 5.74) is 1.06. The van der Waals surface area contributed by atoms with Gasteiger partial charge in [0.05, 0.1) is 0 Å². The van der Waals surface area contributed by atoms with Crippen LogP contribution in [0, 0.1) is 0 Å². The first kappa shape index (κ1) is 13.6. The molecule has 0 radical (unpaired) electrons. The third-order valence-electron chi connectivity index (χ3n) is 2.00. The van der Waals surface area contributed by atoms with E-state index < -0.39 is 22.1 Å². The minimum absolute atomic E-state index is 0.00181. The number of hydrogen-bond acceptors (Lipinski definition) is 2. The van der Waals surface area contributed by atoms with Gasteiger partial charge in [0.1, 0.15) is 0 Å². The molecular weight excluding hydrogens is 513 g/mol. The van der Waals surface area contributed by atoms with Crippen molar-refractivity contribution >= 4 is 33.8 Å². The van der Waals surface area contributed by atoms with Gasteiger partial charge in [-0.2, -0.15) is 0 Å². The number of rotatable bonds is 4. The van der Waals surface area contributed by atoms with Crippen molar-refractivity contribution in [1.29, 1.82) is 0 Å². The summed E-state index contributed by atoms with van der Waals surface area (Å²) in [6.45, 7) is 2.29. The van der Waals surface area contributed by atoms with Crippen LogP contribution in [-0.4, -0.2) is 12.6 Å². The molecule has 0 aliphatic carbocycles. The second kappa shape index (κ2) is 7.02. The zero-order chi connectivity index (χ0) is 11.3. The summed E-state index contributed by atoms with van der Waals surface area (Å²) in [6, 6.07) is 7.87. The van der Waals surface area contributed by atoms with E-state index in [1.165, 1.54) is 0 Å². The van der Waals surface area contributed by atoms with Crippen molar-refractivity contribution < 1.29 is 31.7 Å². The fourth-order valence-electron chi connectivity index (χ4n) is 1.23. The molecule has 15 heavy (non-hydrogen) atoms. The second-order valence-electron chi connectivity index (χ2n) is 3.01. The molecule has 0 amide bonds. The van der Waals surface area contributed by atoms with E-state index >= 15 is 0 Å². The molecule has 0 spiro atoms. The van der Waals surface area contributed by atoms with Crippen LogP contribution in [0.4, 0.5) is 0 Å². The minimum atomic E-state index is -1.35. The summed E-state index contributed by atoms with van der Waals surface area (Å²) < 4.78 is 6.08.